The Morgan fingerprint density at radius 2 is 1.84 bits per heavy atom. The van der Waals surface area contributed by atoms with E-state index in [9.17, 15) is 4.79 Å². The minimum absolute atomic E-state index is 0.139. The lowest BCUT2D eigenvalue weighted by molar-refractivity contribution is -0.113. The summed E-state index contributed by atoms with van der Waals surface area (Å²) in [6.45, 7) is 3.92. The van der Waals surface area contributed by atoms with Gasteiger partial charge in [-0.15, -0.1) is 10.2 Å². The minimum atomic E-state index is -0.139. The molecule has 0 saturated heterocycles. The number of aromatic nitrogens is 5. The maximum absolute atomic E-state index is 12.5. The number of anilines is 1. The number of hydrogen-bond acceptors (Lipinski definition) is 5. The molecule has 9 heteroatoms. The molecule has 0 atom stereocenters. The maximum Gasteiger partial charge on any atom is 0.235 e. The van der Waals surface area contributed by atoms with Gasteiger partial charge < -0.3 is 5.32 Å². The van der Waals surface area contributed by atoms with Crippen molar-refractivity contribution in [2.24, 2.45) is 7.05 Å². The average molecular weight is 453 g/mol. The first-order valence-electron chi connectivity index (χ1n) is 9.63. The van der Waals surface area contributed by atoms with Crippen LogP contribution < -0.4 is 5.32 Å². The van der Waals surface area contributed by atoms with Crippen molar-refractivity contribution in [3.05, 3.63) is 70.9 Å². The van der Waals surface area contributed by atoms with E-state index in [4.69, 9.17) is 11.6 Å². The van der Waals surface area contributed by atoms with E-state index in [-0.39, 0.29) is 11.7 Å². The molecular weight excluding hydrogens is 432 g/mol. The summed E-state index contributed by atoms with van der Waals surface area (Å²) < 4.78 is 3.62. The largest absolute Gasteiger partial charge is 0.310 e. The zero-order valence-corrected chi connectivity index (χ0v) is 18.9. The van der Waals surface area contributed by atoms with Crippen molar-refractivity contribution in [2.75, 3.05) is 11.1 Å². The van der Waals surface area contributed by atoms with Crippen molar-refractivity contribution in [1.29, 1.82) is 0 Å². The van der Waals surface area contributed by atoms with E-state index in [0.717, 1.165) is 22.5 Å². The molecule has 0 aliphatic rings. The average Bonchev–Trinajstić information content (AvgIpc) is 3.30. The molecule has 0 spiro atoms. The van der Waals surface area contributed by atoms with Crippen LogP contribution in [0.15, 0.2) is 59.8 Å². The van der Waals surface area contributed by atoms with Gasteiger partial charge in [0.25, 0.3) is 0 Å². The van der Waals surface area contributed by atoms with Crippen molar-refractivity contribution in [1.82, 2.24) is 24.5 Å². The van der Waals surface area contributed by atoms with Crippen LogP contribution in [0, 0.1) is 13.8 Å². The molecular formula is C22H21ClN6OS. The number of halogens is 1. The molecule has 2 aromatic carbocycles. The van der Waals surface area contributed by atoms with Gasteiger partial charge in [-0.3, -0.25) is 14.0 Å². The summed E-state index contributed by atoms with van der Waals surface area (Å²) in [5.41, 5.74) is 3.77. The molecule has 0 radical (unpaired) electrons. The van der Waals surface area contributed by atoms with Crippen LogP contribution in [0.3, 0.4) is 0 Å². The molecule has 2 aromatic heterocycles. The molecule has 0 aliphatic carbocycles. The summed E-state index contributed by atoms with van der Waals surface area (Å²) in [5, 5.41) is 17.2. The predicted molar refractivity (Wildman–Crippen MR) is 124 cm³/mol. The lowest BCUT2D eigenvalue weighted by Crippen LogP contribution is -2.16. The maximum atomic E-state index is 12.5. The molecule has 0 saturated carbocycles. The quantitative estimate of drug-likeness (QED) is 0.430. The Bertz CT molecular complexity index is 1230. The number of hydrogen-bond donors (Lipinski definition) is 1. The topological polar surface area (TPSA) is 77.6 Å². The highest BCUT2D eigenvalue weighted by Gasteiger charge is 2.19. The fourth-order valence-electron chi connectivity index (χ4n) is 3.22. The summed E-state index contributed by atoms with van der Waals surface area (Å²) in [7, 11) is 1.79. The number of rotatable bonds is 6. The van der Waals surface area contributed by atoms with Crippen LogP contribution in [-0.2, 0) is 11.8 Å². The SMILES string of the molecule is Cc1cc(NC(=O)CSc2nnc(-c3ccc(Cl)cc3)n2-c2ccccc2C)n(C)n1. The zero-order chi connectivity index (χ0) is 22.0. The number of nitrogens with zero attached hydrogens (tertiary/aromatic N) is 5. The Morgan fingerprint density at radius 3 is 2.52 bits per heavy atom. The van der Waals surface area contributed by atoms with Gasteiger partial charge in [0, 0.05) is 23.7 Å². The van der Waals surface area contributed by atoms with Gasteiger partial charge >= 0.3 is 0 Å². The van der Waals surface area contributed by atoms with Gasteiger partial charge in [-0.2, -0.15) is 5.10 Å². The van der Waals surface area contributed by atoms with Crippen molar-refractivity contribution < 1.29 is 4.79 Å². The van der Waals surface area contributed by atoms with Crippen LogP contribution in [-0.4, -0.2) is 36.2 Å². The molecule has 1 N–H and O–H groups in total. The third-order valence-electron chi connectivity index (χ3n) is 4.69. The van der Waals surface area contributed by atoms with Crippen LogP contribution in [0.1, 0.15) is 11.3 Å². The lowest BCUT2D eigenvalue weighted by atomic mass is 10.1. The van der Waals surface area contributed by atoms with E-state index in [1.807, 2.05) is 73.0 Å². The van der Waals surface area contributed by atoms with Crippen molar-refractivity contribution in [2.45, 2.75) is 19.0 Å². The second-order valence-electron chi connectivity index (χ2n) is 7.07. The fourth-order valence-corrected chi connectivity index (χ4v) is 4.09. The van der Waals surface area contributed by atoms with Crippen LogP contribution in [0.5, 0.6) is 0 Å². The zero-order valence-electron chi connectivity index (χ0n) is 17.3. The summed E-state index contributed by atoms with van der Waals surface area (Å²) in [5.74, 6) is 1.40. The number of amides is 1. The Labute approximate surface area is 189 Å². The van der Waals surface area contributed by atoms with Gasteiger partial charge in [0.1, 0.15) is 5.82 Å². The van der Waals surface area contributed by atoms with Gasteiger partial charge in [0.2, 0.25) is 5.91 Å². The molecule has 7 nitrogen and oxygen atoms in total. The van der Waals surface area contributed by atoms with Crippen molar-refractivity contribution in [3.8, 4) is 17.1 Å². The van der Waals surface area contributed by atoms with Crippen LogP contribution in [0.4, 0.5) is 5.82 Å². The van der Waals surface area contributed by atoms with E-state index in [0.29, 0.717) is 21.8 Å². The van der Waals surface area contributed by atoms with Crippen molar-refractivity contribution >= 4 is 35.1 Å². The van der Waals surface area contributed by atoms with Gasteiger partial charge in [-0.25, -0.2) is 0 Å². The number of para-hydroxylation sites is 1. The highest BCUT2D eigenvalue weighted by Crippen LogP contribution is 2.30. The number of benzene rings is 2. The molecule has 0 aliphatic heterocycles. The molecule has 2 heterocycles. The fraction of sp³-hybridized carbons (Fsp3) is 0.182. The summed E-state index contributed by atoms with van der Waals surface area (Å²) >= 11 is 7.38. The highest BCUT2D eigenvalue weighted by atomic mass is 35.5. The van der Waals surface area contributed by atoms with Crippen molar-refractivity contribution in [3.63, 3.8) is 0 Å². The van der Waals surface area contributed by atoms with Gasteiger partial charge in [0.05, 0.1) is 17.1 Å². The number of carbonyl (C=O) groups is 1. The molecule has 4 rings (SSSR count). The van der Waals surface area contributed by atoms with E-state index in [2.05, 4.69) is 20.6 Å². The van der Waals surface area contributed by atoms with Crippen LogP contribution in [0.2, 0.25) is 5.02 Å². The Balaban J connectivity index is 1.63. The van der Waals surface area contributed by atoms with E-state index >= 15 is 0 Å². The number of carbonyl (C=O) groups excluding carboxylic acids is 1. The molecule has 31 heavy (non-hydrogen) atoms. The lowest BCUT2D eigenvalue weighted by Gasteiger charge is -2.13. The third-order valence-corrected chi connectivity index (χ3v) is 5.87. The van der Waals surface area contributed by atoms with Gasteiger partial charge in [0.15, 0.2) is 11.0 Å². The third kappa shape index (κ3) is 4.65. The second kappa shape index (κ2) is 8.95. The van der Waals surface area contributed by atoms with Crippen LogP contribution >= 0.6 is 23.4 Å². The minimum Gasteiger partial charge on any atom is -0.310 e. The monoisotopic (exact) mass is 452 g/mol. The molecule has 158 valence electrons. The first-order chi connectivity index (χ1) is 14.9. The molecule has 0 fully saturated rings. The molecule has 0 bridgehead atoms. The van der Waals surface area contributed by atoms with Crippen LogP contribution in [0.25, 0.3) is 17.1 Å². The van der Waals surface area contributed by atoms with Gasteiger partial charge in [-0.05, 0) is 49.7 Å². The Morgan fingerprint density at radius 1 is 1.10 bits per heavy atom. The van der Waals surface area contributed by atoms with E-state index in [1.54, 1.807) is 11.7 Å². The summed E-state index contributed by atoms with van der Waals surface area (Å²) in [6, 6.07) is 17.3. The van der Waals surface area contributed by atoms with Gasteiger partial charge in [-0.1, -0.05) is 41.6 Å². The first kappa shape index (κ1) is 21.1. The number of nitrogens with one attached hydrogen (secondary N) is 1. The first-order valence-corrected chi connectivity index (χ1v) is 11.0. The normalized spacial score (nSPS) is 11.0. The van der Waals surface area contributed by atoms with E-state index in [1.165, 1.54) is 11.8 Å². The molecule has 4 aromatic rings. The summed E-state index contributed by atoms with van der Waals surface area (Å²) in [4.78, 5) is 12.5. The highest BCUT2D eigenvalue weighted by molar-refractivity contribution is 7.99. The smallest absolute Gasteiger partial charge is 0.235 e. The van der Waals surface area contributed by atoms with E-state index < -0.39 is 0 Å². The summed E-state index contributed by atoms with van der Waals surface area (Å²) in [6.07, 6.45) is 0. The second-order valence-corrected chi connectivity index (χ2v) is 8.45. The Kier molecular flexibility index (Phi) is 6.11. The molecule has 0 unspecified atom stereocenters. The number of aryl methyl sites for hydroxylation is 3. The Hall–Kier alpha value is -3.10. The predicted octanol–water partition coefficient (Wildman–Crippen LogP) is 4.67. The standard InChI is InChI=1S/C22H21ClN6OS/c1-14-6-4-5-7-18(14)29-21(16-8-10-17(23)11-9-16)25-26-22(29)31-13-20(30)24-19-12-15(2)27-28(19)3/h4-12H,13H2,1-3H3,(H,24,30). The molecule has 1 amide bonds. The number of thioether (sulfide) groups is 1.